The standard InChI is InChI=1S/C20H30N2O6/c1-6-14(5)21-20(25)22-18(23)12-28-19(24)15-8-9-16(27-11-13(3)4)17(10-15)26-7-2/h8-10,13-14H,6-7,11-12H2,1-5H3,(H2,21,22,23,25)/t14-/m1/s1. The van der Waals surface area contributed by atoms with Gasteiger partial charge in [0.05, 0.1) is 18.8 Å². The molecule has 1 rings (SSSR count). The van der Waals surface area contributed by atoms with Crippen molar-refractivity contribution in [1.82, 2.24) is 10.6 Å². The van der Waals surface area contributed by atoms with E-state index in [2.05, 4.69) is 10.6 Å². The van der Waals surface area contributed by atoms with Gasteiger partial charge in [0.2, 0.25) is 0 Å². The van der Waals surface area contributed by atoms with Crippen molar-refractivity contribution in [2.75, 3.05) is 19.8 Å². The fraction of sp³-hybridized carbons (Fsp3) is 0.550. The van der Waals surface area contributed by atoms with Gasteiger partial charge in [0.1, 0.15) is 0 Å². The third-order valence-corrected chi connectivity index (χ3v) is 3.63. The van der Waals surface area contributed by atoms with Gasteiger partial charge in [-0.1, -0.05) is 20.8 Å². The second kappa shape index (κ2) is 11.8. The number of benzene rings is 1. The molecule has 2 N–H and O–H groups in total. The van der Waals surface area contributed by atoms with Crippen LogP contribution < -0.4 is 20.1 Å². The lowest BCUT2D eigenvalue weighted by Crippen LogP contribution is -2.44. The summed E-state index contributed by atoms with van der Waals surface area (Å²) in [5.41, 5.74) is 0.220. The van der Waals surface area contributed by atoms with E-state index < -0.39 is 24.5 Å². The second-order valence-corrected chi connectivity index (χ2v) is 6.71. The van der Waals surface area contributed by atoms with Crippen molar-refractivity contribution in [1.29, 1.82) is 0 Å². The molecule has 8 heteroatoms. The zero-order valence-electron chi connectivity index (χ0n) is 17.2. The molecular formula is C20H30N2O6. The zero-order chi connectivity index (χ0) is 21.1. The maximum atomic E-state index is 12.2. The second-order valence-electron chi connectivity index (χ2n) is 6.71. The number of ether oxygens (including phenoxy) is 3. The Morgan fingerprint density at radius 1 is 1.04 bits per heavy atom. The molecule has 0 saturated carbocycles. The van der Waals surface area contributed by atoms with Gasteiger partial charge >= 0.3 is 12.0 Å². The van der Waals surface area contributed by atoms with Crippen LogP contribution in [0, 0.1) is 5.92 Å². The fourth-order valence-corrected chi connectivity index (χ4v) is 2.02. The van der Waals surface area contributed by atoms with Gasteiger partial charge in [0.25, 0.3) is 5.91 Å². The Morgan fingerprint density at radius 2 is 1.75 bits per heavy atom. The number of hydrogen-bond acceptors (Lipinski definition) is 6. The minimum absolute atomic E-state index is 0.0660. The third kappa shape index (κ3) is 8.28. The van der Waals surface area contributed by atoms with Crippen molar-refractivity contribution in [2.45, 2.75) is 47.1 Å². The van der Waals surface area contributed by atoms with Crippen LogP contribution in [-0.4, -0.2) is 43.8 Å². The van der Waals surface area contributed by atoms with E-state index in [-0.39, 0.29) is 11.6 Å². The molecule has 0 aromatic heterocycles. The molecule has 0 aliphatic rings. The molecule has 1 atom stereocenters. The van der Waals surface area contributed by atoms with Crippen LogP contribution in [0.2, 0.25) is 0 Å². The van der Waals surface area contributed by atoms with E-state index in [1.807, 2.05) is 34.6 Å². The van der Waals surface area contributed by atoms with E-state index in [0.717, 1.165) is 6.42 Å². The molecule has 0 aliphatic carbocycles. The first-order valence-corrected chi connectivity index (χ1v) is 9.43. The predicted molar refractivity (Wildman–Crippen MR) is 105 cm³/mol. The van der Waals surface area contributed by atoms with Gasteiger partial charge in [-0.25, -0.2) is 9.59 Å². The molecule has 0 saturated heterocycles. The highest BCUT2D eigenvalue weighted by Gasteiger charge is 2.16. The van der Waals surface area contributed by atoms with Gasteiger partial charge in [-0.05, 0) is 44.4 Å². The number of nitrogens with one attached hydrogen (secondary N) is 2. The number of esters is 1. The van der Waals surface area contributed by atoms with Gasteiger partial charge in [-0.2, -0.15) is 0 Å². The highest BCUT2D eigenvalue weighted by atomic mass is 16.5. The molecule has 156 valence electrons. The molecule has 0 aliphatic heterocycles. The monoisotopic (exact) mass is 394 g/mol. The maximum absolute atomic E-state index is 12.2. The van der Waals surface area contributed by atoms with Crippen molar-refractivity contribution in [3.8, 4) is 11.5 Å². The smallest absolute Gasteiger partial charge is 0.338 e. The normalized spacial score (nSPS) is 11.5. The molecule has 1 aromatic carbocycles. The van der Waals surface area contributed by atoms with Gasteiger partial charge in [-0.15, -0.1) is 0 Å². The number of urea groups is 1. The first-order chi connectivity index (χ1) is 13.3. The van der Waals surface area contributed by atoms with Crippen LogP contribution in [0.15, 0.2) is 18.2 Å². The minimum atomic E-state index is -0.712. The van der Waals surface area contributed by atoms with Crippen molar-refractivity contribution in [3.63, 3.8) is 0 Å². The average molecular weight is 394 g/mol. The molecule has 28 heavy (non-hydrogen) atoms. The summed E-state index contributed by atoms with van der Waals surface area (Å²) in [6, 6.07) is 3.98. The summed E-state index contributed by atoms with van der Waals surface area (Å²) in [6.07, 6.45) is 0.732. The Hall–Kier alpha value is -2.77. The summed E-state index contributed by atoms with van der Waals surface area (Å²) < 4.78 is 16.2. The topological polar surface area (TPSA) is 103 Å². The molecule has 0 unspecified atom stereocenters. The first kappa shape index (κ1) is 23.3. The summed E-state index contributed by atoms with van der Waals surface area (Å²) in [4.78, 5) is 35.5. The SMILES string of the molecule is CCOc1cc(C(=O)OCC(=O)NC(=O)N[C@H](C)CC)ccc1OCC(C)C. The summed E-state index contributed by atoms with van der Waals surface area (Å²) in [5.74, 6) is -0.110. The average Bonchev–Trinajstić information content (AvgIpc) is 2.64. The summed E-state index contributed by atoms with van der Waals surface area (Å²) >= 11 is 0. The minimum Gasteiger partial charge on any atom is -0.490 e. The van der Waals surface area contributed by atoms with Crippen LogP contribution in [0.4, 0.5) is 4.79 Å². The van der Waals surface area contributed by atoms with Crippen LogP contribution in [-0.2, 0) is 9.53 Å². The van der Waals surface area contributed by atoms with Crippen LogP contribution in [0.1, 0.15) is 51.4 Å². The van der Waals surface area contributed by atoms with Crippen LogP contribution >= 0.6 is 0 Å². The summed E-state index contributed by atoms with van der Waals surface area (Å²) in [5, 5.41) is 4.69. The predicted octanol–water partition coefficient (Wildman–Crippen LogP) is 2.90. The zero-order valence-corrected chi connectivity index (χ0v) is 17.2. The lowest BCUT2D eigenvalue weighted by atomic mass is 10.2. The summed E-state index contributed by atoms with van der Waals surface area (Å²) in [6.45, 7) is 9.96. The Labute approximate surface area is 165 Å². The number of imide groups is 1. The molecule has 0 radical (unpaired) electrons. The third-order valence-electron chi connectivity index (χ3n) is 3.63. The Kier molecular flexibility index (Phi) is 9.84. The van der Waals surface area contributed by atoms with Crippen molar-refractivity contribution < 1.29 is 28.6 Å². The number of carbonyl (C=O) groups is 3. The van der Waals surface area contributed by atoms with E-state index in [9.17, 15) is 14.4 Å². The Morgan fingerprint density at radius 3 is 2.36 bits per heavy atom. The lowest BCUT2D eigenvalue weighted by molar-refractivity contribution is -0.123. The number of carbonyl (C=O) groups excluding carboxylic acids is 3. The maximum Gasteiger partial charge on any atom is 0.338 e. The van der Waals surface area contributed by atoms with Crippen molar-refractivity contribution >= 4 is 17.9 Å². The van der Waals surface area contributed by atoms with E-state index >= 15 is 0 Å². The Bertz CT molecular complexity index is 675. The van der Waals surface area contributed by atoms with Gasteiger partial charge in [0, 0.05) is 6.04 Å². The van der Waals surface area contributed by atoms with Crippen molar-refractivity contribution in [2.24, 2.45) is 5.92 Å². The van der Waals surface area contributed by atoms with Gasteiger partial charge in [0.15, 0.2) is 18.1 Å². The molecule has 1 aromatic rings. The first-order valence-electron chi connectivity index (χ1n) is 9.43. The van der Waals surface area contributed by atoms with E-state index in [1.165, 1.54) is 12.1 Å². The number of amides is 3. The number of rotatable bonds is 10. The molecular weight excluding hydrogens is 364 g/mol. The fourth-order valence-electron chi connectivity index (χ4n) is 2.02. The molecule has 0 fully saturated rings. The van der Waals surface area contributed by atoms with Crippen LogP contribution in [0.3, 0.4) is 0 Å². The largest absolute Gasteiger partial charge is 0.490 e. The molecule has 0 spiro atoms. The lowest BCUT2D eigenvalue weighted by Gasteiger charge is -2.14. The highest BCUT2D eigenvalue weighted by Crippen LogP contribution is 2.29. The molecule has 0 bridgehead atoms. The Balaban J connectivity index is 2.64. The molecule has 8 nitrogen and oxygen atoms in total. The van der Waals surface area contributed by atoms with Gasteiger partial charge in [-0.3, -0.25) is 10.1 Å². The van der Waals surface area contributed by atoms with E-state index in [4.69, 9.17) is 14.2 Å². The molecule has 0 heterocycles. The van der Waals surface area contributed by atoms with E-state index in [0.29, 0.717) is 30.6 Å². The van der Waals surface area contributed by atoms with Crippen molar-refractivity contribution in [3.05, 3.63) is 23.8 Å². The van der Waals surface area contributed by atoms with E-state index in [1.54, 1.807) is 6.07 Å². The molecule has 3 amide bonds. The highest BCUT2D eigenvalue weighted by molar-refractivity contribution is 5.97. The van der Waals surface area contributed by atoms with Crippen LogP contribution in [0.25, 0.3) is 0 Å². The summed E-state index contributed by atoms with van der Waals surface area (Å²) in [7, 11) is 0. The van der Waals surface area contributed by atoms with Crippen LogP contribution in [0.5, 0.6) is 11.5 Å². The number of hydrogen-bond donors (Lipinski definition) is 2. The quantitative estimate of drug-likeness (QED) is 0.592. The van der Waals surface area contributed by atoms with Gasteiger partial charge < -0.3 is 19.5 Å².